The van der Waals surface area contributed by atoms with Crippen molar-refractivity contribution in [2.45, 2.75) is 12.5 Å². The van der Waals surface area contributed by atoms with Gasteiger partial charge in [-0.1, -0.05) is 30.3 Å². The molecule has 0 aliphatic rings. The molecule has 1 amide bonds. The minimum Gasteiger partial charge on any atom is -0.469 e. The zero-order valence-corrected chi connectivity index (χ0v) is 13.2. The van der Waals surface area contributed by atoms with E-state index in [0.717, 1.165) is 17.1 Å². The predicted octanol–water partition coefficient (Wildman–Crippen LogP) is 3.34. The van der Waals surface area contributed by atoms with Crippen LogP contribution in [0.4, 0.5) is 0 Å². The lowest BCUT2D eigenvalue weighted by Crippen LogP contribution is -2.31. The molecular weight excluding hydrogens is 306 g/mol. The van der Waals surface area contributed by atoms with Crippen LogP contribution in [0.3, 0.4) is 0 Å². The van der Waals surface area contributed by atoms with Gasteiger partial charge in [-0.2, -0.15) is 0 Å². The molecule has 2 heterocycles. The summed E-state index contributed by atoms with van der Waals surface area (Å²) in [6.07, 6.45) is 3.21. The van der Waals surface area contributed by atoms with Gasteiger partial charge in [-0.05, 0) is 29.8 Å². The third-order valence-corrected chi connectivity index (χ3v) is 3.62. The number of benzene rings is 1. The summed E-state index contributed by atoms with van der Waals surface area (Å²) in [6.45, 7) is 0.806. The second kappa shape index (κ2) is 8.17. The van der Waals surface area contributed by atoms with Gasteiger partial charge in [0.25, 0.3) is 0 Å². The number of hydrogen-bond donors (Lipinski definition) is 1. The summed E-state index contributed by atoms with van der Waals surface area (Å²) in [6, 6.07) is 17.1. The van der Waals surface area contributed by atoms with Crippen molar-refractivity contribution in [3.63, 3.8) is 0 Å². The lowest BCUT2D eigenvalue weighted by Gasteiger charge is -2.13. The van der Waals surface area contributed by atoms with Gasteiger partial charge in [0.1, 0.15) is 18.1 Å². The van der Waals surface area contributed by atoms with Crippen LogP contribution in [0.15, 0.2) is 76.0 Å². The maximum atomic E-state index is 12.0. The molecule has 0 unspecified atom stereocenters. The lowest BCUT2D eigenvalue weighted by molar-refractivity contribution is -0.126. The Kier molecular flexibility index (Phi) is 5.48. The Morgan fingerprint density at radius 1 is 0.958 bits per heavy atom. The van der Waals surface area contributed by atoms with Crippen molar-refractivity contribution in [2.75, 3.05) is 13.2 Å². The Balaban J connectivity index is 1.49. The van der Waals surface area contributed by atoms with Crippen LogP contribution < -0.4 is 5.32 Å². The molecule has 124 valence electrons. The highest BCUT2D eigenvalue weighted by molar-refractivity contribution is 5.77. The number of carbonyl (C=O) groups excluding carboxylic acids is 1. The van der Waals surface area contributed by atoms with Crippen LogP contribution in [-0.2, 0) is 16.1 Å². The molecule has 0 saturated carbocycles. The lowest BCUT2D eigenvalue weighted by atomic mass is 10.0. The van der Waals surface area contributed by atoms with Crippen LogP contribution in [0.25, 0.3) is 0 Å². The first-order chi connectivity index (χ1) is 11.8. The fraction of sp³-hybridized carbons (Fsp3) is 0.211. The van der Waals surface area contributed by atoms with Crippen molar-refractivity contribution in [2.24, 2.45) is 0 Å². The Labute approximate surface area is 140 Å². The maximum Gasteiger partial charge on any atom is 0.246 e. The van der Waals surface area contributed by atoms with Crippen molar-refractivity contribution in [1.82, 2.24) is 5.32 Å². The zero-order valence-electron chi connectivity index (χ0n) is 13.2. The van der Waals surface area contributed by atoms with E-state index in [1.54, 1.807) is 12.5 Å². The summed E-state index contributed by atoms with van der Waals surface area (Å²) in [5.74, 6) is 1.16. The second-order valence-corrected chi connectivity index (χ2v) is 5.37. The zero-order chi connectivity index (χ0) is 16.6. The average Bonchev–Trinajstić information content (AvgIpc) is 3.30. The highest BCUT2D eigenvalue weighted by atomic mass is 16.5. The van der Waals surface area contributed by atoms with Gasteiger partial charge in [0.15, 0.2) is 0 Å². The monoisotopic (exact) mass is 325 g/mol. The van der Waals surface area contributed by atoms with Gasteiger partial charge in [0.05, 0.1) is 25.1 Å². The number of hydrogen-bond acceptors (Lipinski definition) is 4. The highest BCUT2D eigenvalue weighted by Gasteiger charge is 2.20. The van der Waals surface area contributed by atoms with Crippen molar-refractivity contribution in [1.29, 1.82) is 0 Å². The van der Waals surface area contributed by atoms with Crippen molar-refractivity contribution < 1.29 is 18.4 Å². The van der Waals surface area contributed by atoms with Gasteiger partial charge in [0.2, 0.25) is 5.91 Å². The first kappa shape index (κ1) is 16.1. The smallest absolute Gasteiger partial charge is 0.246 e. The van der Waals surface area contributed by atoms with E-state index in [1.165, 1.54) is 0 Å². The predicted molar refractivity (Wildman–Crippen MR) is 88.4 cm³/mol. The second-order valence-electron chi connectivity index (χ2n) is 5.37. The molecule has 3 aromatic rings. The Morgan fingerprint density at radius 2 is 1.62 bits per heavy atom. The topological polar surface area (TPSA) is 64.6 Å². The molecule has 1 aromatic carbocycles. The molecule has 0 radical (unpaired) electrons. The molecule has 0 fully saturated rings. The molecule has 5 heteroatoms. The quantitative estimate of drug-likeness (QED) is 0.690. The molecule has 0 aliphatic carbocycles. The molecule has 1 N–H and O–H groups in total. The normalized spacial score (nSPS) is 10.9. The number of nitrogens with one attached hydrogen (secondary N) is 1. The fourth-order valence-electron chi connectivity index (χ4n) is 2.42. The summed E-state index contributed by atoms with van der Waals surface area (Å²) in [7, 11) is 0. The van der Waals surface area contributed by atoms with E-state index in [0.29, 0.717) is 13.2 Å². The fourth-order valence-corrected chi connectivity index (χ4v) is 2.42. The largest absolute Gasteiger partial charge is 0.469 e. The summed E-state index contributed by atoms with van der Waals surface area (Å²) >= 11 is 0. The summed E-state index contributed by atoms with van der Waals surface area (Å²) < 4.78 is 16.3. The van der Waals surface area contributed by atoms with Crippen LogP contribution in [-0.4, -0.2) is 19.1 Å². The number of amides is 1. The minimum atomic E-state index is -0.172. The molecule has 24 heavy (non-hydrogen) atoms. The van der Waals surface area contributed by atoms with Crippen LogP contribution in [0, 0.1) is 0 Å². The Bertz CT molecular complexity index is 686. The standard InChI is InChI=1S/C19H19NO4/c21-19(14-22-13-15-6-2-1-3-7-15)20-12-16(17-8-4-10-23-17)18-9-5-11-24-18/h1-11,16H,12-14H2,(H,20,21). The molecule has 0 bridgehead atoms. The molecule has 2 aromatic heterocycles. The van der Waals surface area contributed by atoms with Gasteiger partial charge < -0.3 is 18.9 Å². The summed E-state index contributed by atoms with van der Waals surface area (Å²) in [5.41, 5.74) is 1.04. The van der Waals surface area contributed by atoms with Crippen LogP contribution in [0.2, 0.25) is 0 Å². The van der Waals surface area contributed by atoms with E-state index in [4.69, 9.17) is 13.6 Å². The Morgan fingerprint density at radius 3 is 2.21 bits per heavy atom. The van der Waals surface area contributed by atoms with Gasteiger partial charge in [0, 0.05) is 6.54 Å². The molecule has 0 atom stereocenters. The third-order valence-electron chi connectivity index (χ3n) is 3.62. The number of carbonyl (C=O) groups is 1. The minimum absolute atomic E-state index is 0.0118. The average molecular weight is 325 g/mol. The highest BCUT2D eigenvalue weighted by Crippen LogP contribution is 2.24. The van der Waals surface area contributed by atoms with Crippen molar-refractivity contribution in [3.05, 3.63) is 84.2 Å². The van der Waals surface area contributed by atoms with E-state index in [9.17, 15) is 4.79 Å². The Hall–Kier alpha value is -2.79. The van der Waals surface area contributed by atoms with Gasteiger partial charge in [-0.25, -0.2) is 0 Å². The molecule has 3 rings (SSSR count). The van der Waals surface area contributed by atoms with Gasteiger partial charge in [-0.3, -0.25) is 4.79 Å². The van der Waals surface area contributed by atoms with Crippen molar-refractivity contribution in [3.8, 4) is 0 Å². The summed E-state index contributed by atoms with van der Waals surface area (Å²) in [4.78, 5) is 12.0. The number of rotatable bonds is 8. The summed E-state index contributed by atoms with van der Waals surface area (Å²) in [5, 5.41) is 2.86. The first-order valence-electron chi connectivity index (χ1n) is 7.78. The molecular formula is C19H19NO4. The van der Waals surface area contributed by atoms with Crippen LogP contribution in [0.1, 0.15) is 23.0 Å². The van der Waals surface area contributed by atoms with E-state index in [-0.39, 0.29) is 18.4 Å². The van der Waals surface area contributed by atoms with Gasteiger partial charge >= 0.3 is 0 Å². The third kappa shape index (κ3) is 4.36. The molecule has 0 spiro atoms. The molecule has 5 nitrogen and oxygen atoms in total. The van der Waals surface area contributed by atoms with Crippen LogP contribution in [0.5, 0.6) is 0 Å². The van der Waals surface area contributed by atoms with E-state index < -0.39 is 0 Å². The maximum absolute atomic E-state index is 12.0. The molecule has 0 saturated heterocycles. The van der Waals surface area contributed by atoms with Crippen molar-refractivity contribution >= 4 is 5.91 Å². The molecule has 0 aliphatic heterocycles. The van der Waals surface area contributed by atoms with E-state index in [1.807, 2.05) is 54.6 Å². The number of ether oxygens (including phenoxy) is 1. The number of furan rings is 2. The first-order valence-corrected chi connectivity index (χ1v) is 7.78. The SMILES string of the molecule is O=C(COCc1ccccc1)NCC(c1ccco1)c1ccco1. The van der Waals surface area contributed by atoms with E-state index >= 15 is 0 Å². The van der Waals surface area contributed by atoms with Crippen LogP contribution >= 0.6 is 0 Å². The van der Waals surface area contributed by atoms with E-state index in [2.05, 4.69) is 5.32 Å². The van der Waals surface area contributed by atoms with Gasteiger partial charge in [-0.15, -0.1) is 0 Å².